The molecule has 0 radical (unpaired) electrons. The van der Waals surface area contributed by atoms with E-state index in [1.54, 1.807) is 44.3 Å². The van der Waals surface area contributed by atoms with Crippen LogP contribution in [0.15, 0.2) is 76.4 Å². The number of para-hydroxylation sites is 1. The molecule has 41 heavy (non-hydrogen) atoms. The number of rotatable bonds is 9. The van der Waals surface area contributed by atoms with Crippen LogP contribution in [-0.2, 0) is 21.8 Å². The first-order valence-electron chi connectivity index (χ1n) is 11.6. The maximum Gasteiger partial charge on any atom is 0.340 e. The van der Waals surface area contributed by atoms with Crippen LogP contribution in [0.25, 0.3) is 5.69 Å². The van der Waals surface area contributed by atoms with Crippen molar-refractivity contribution >= 4 is 56.4 Å². The zero-order valence-corrected chi connectivity index (χ0v) is 23.7. The largest absolute Gasteiger partial charge is 0.454 e. The lowest BCUT2D eigenvalue weighted by molar-refractivity contribution is -0.384. The van der Waals surface area contributed by atoms with Crippen LogP contribution < -0.4 is 10.3 Å². The molecule has 0 aliphatic carbocycles. The number of ketones is 1. The number of halogens is 2. The van der Waals surface area contributed by atoms with E-state index in [2.05, 4.69) is 4.72 Å². The van der Waals surface area contributed by atoms with Crippen LogP contribution >= 0.6 is 23.2 Å². The molecule has 0 saturated heterocycles. The molecule has 0 bridgehead atoms. The number of nitro benzene ring substituents is 1. The van der Waals surface area contributed by atoms with Crippen molar-refractivity contribution in [3.63, 3.8) is 0 Å². The second-order valence-electron chi connectivity index (χ2n) is 8.61. The molecule has 0 atom stereocenters. The quantitative estimate of drug-likeness (QED) is 0.124. The van der Waals surface area contributed by atoms with Gasteiger partial charge in [0.2, 0.25) is 0 Å². The molecular weight excluding hydrogens is 599 g/mol. The van der Waals surface area contributed by atoms with E-state index in [0.717, 1.165) is 24.3 Å². The monoisotopic (exact) mass is 618 g/mol. The Hall–Kier alpha value is -4.46. The van der Waals surface area contributed by atoms with E-state index >= 15 is 0 Å². The van der Waals surface area contributed by atoms with Gasteiger partial charge in [0.1, 0.15) is 10.6 Å². The van der Waals surface area contributed by atoms with Gasteiger partial charge in [-0.1, -0.05) is 41.4 Å². The molecule has 212 valence electrons. The fourth-order valence-electron chi connectivity index (χ4n) is 3.83. The Labute approximate surface area is 242 Å². The van der Waals surface area contributed by atoms with E-state index < -0.39 is 49.3 Å². The first-order chi connectivity index (χ1) is 19.3. The first-order valence-corrected chi connectivity index (χ1v) is 13.9. The number of Topliss-reactive ketones (excluding diaryl/α,β-unsaturated/α-hetero) is 1. The van der Waals surface area contributed by atoms with Crippen LogP contribution in [0.1, 0.15) is 26.4 Å². The number of esters is 1. The lowest BCUT2D eigenvalue weighted by atomic mass is 10.1. The number of anilines is 1. The predicted molar refractivity (Wildman–Crippen MR) is 151 cm³/mol. The molecule has 0 unspecified atom stereocenters. The molecule has 12 nitrogen and oxygen atoms in total. The van der Waals surface area contributed by atoms with Gasteiger partial charge in [-0.15, -0.1) is 0 Å². The zero-order chi connectivity index (χ0) is 30.1. The van der Waals surface area contributed by atoms with Gasteiger partial charge in [-0.25, -0.2) is 17.9 Å². The fourth-order valence-corrected chi connectivity index (χ4v) is 5.80. The molecule has 0 amide bonds. The van der Waals surface area contributed by atoms with Crippen molar-refractivity contribution in [1.82, 2.24) is 9.36 Å². The number of carbonyl (C=O) groups is 2. The molecule has 0 aliphatic heterocycles. The summed E-state index contributed by atoms with van der Waals surface area (Å²) < 4.78 is 36.7. The number of hydrogen-bond donors (Lipinski definition) is 1. The Bertz CT molecular complexity index is 1850. The fraction of sp³-hybridized carbons (Fsp3) is 0.115. The number of nitrogens with one attached hydrogen (secondary N) is 1. The van der Waals surface area contributed by atoms with Gasteiger partial charge >= 0.3 is 5.97 Å². The van der Waals surface area contributed by atoms with E-state index in [0.29, 0.717) is 11.4 Å². The van der Waals surface area contributed by atoms with E-state index in [4.69, 9.17) is 27.9 Å². The lowest BCUT2D eigenvalue weighted by Crippen LogP contribution is -2.23. The molecular formula is C26H20Cl2N4O8S. The Morgan fingerprint density at radius 3 is 2.27 bits per heavy atom. The summed E-state index contributed by atoms with van der Waals surface area (Å²) in [4.78, 5) is 47.9. The molecule has 3 aromatic carbocycles. The summed E-state index contributed by atoms with van der Waals surface area (Å²) in [6, 6.07) is 15.1. The molecule has 0 saturated carbocycles. The summed E-state index contributed by atoms with van der Waals surface area (Å²) in [5.41, 5.74) is -0.645. The number of non-ortho nitro benzene ring substituents is 1. The van der Waals surface area contributed by atoms with Gasteiger partial charge in [0.05, 0.1) is 31.9 Å². The van der Waals surface area contributed by atoms with Gasteiger partial charge in [-0.2, -0.15) is 0 Å². The van der Waals surface area contributed by atoms with Crippen molar-refractivity contribution < 1.29 is 27.7 Å². The number of carbonyl (C=O) groups excluding carboxylic acids is 2. The maximum atomic E-state index is 13.3. The molecule has 1 N–H and O–H groups in total. The molecule has 0 fully saturated rings. The van der Waals surface area contributed by atoms with E-state index in [9.17, 15) is 32.9 Å². The van der Waals surface area contributed by atoms with Crippen molar-refractivity contribution in [1.29, 1.82) is 0 Å². The summed E-state index contributed by atoms with van der Waals surface area (Å²) >= 11 is 12.3. The van der Waals surface area contributed by atoms with E-state index in [-0.39, 0.29) is 27.0 Å². The summed E-state index contributed by atoms with van der Waals surface area (Å²) in [5, 5.41) is 10.2. The van der Waals surface area contributed by atoms with Crippen molar-refractivity contribution in [2.75, 3.05) is 11.3 Å². The summed E-state index contributed by atoms with van der Waals surface area (Å²) in [7, 11) is -2.94. The van der Waals surface area contributed by atoms with E-state index in [1.165, 1.54) is 21.5 Å². The smallest absolute Gasteiger partial charge is 0.340 e. The molecule has 0 aliphatic rings. The minimum atomic E-state index is -4.53. The number of sulfonamides is 1. The Morgan fingerprint density at radius 2 is 1.66 bits per heavy atom. The van der Waals surface area contributed by atoms with Crippen LogP contribution in [0, 0.1) is 17.0 Å². The van der Waals surface area contributed by atoms with Crippen LogP contribution in [0.3, 0.4) is 0 Å². The first kappa shape index (κ1) is 29.5. The summed E-state index contributed by atoms with van der Waals surface area (Å²) in [5.74, 6) is -1.79. The second-order valence-corrected chi connectivity index (χ2v) is 11.1. The standard InChI is InChI=1S/C26H20Cl2N4O8S/c1-15-24(25(34)31(30(15)2)17-6-4-3-5-7-17)29-41(38,39)23-12-19(20(27)13-21(23)28)26(35)40-14-22(33)16-8-10-18(11-9-16)32(36)37/h3-13,29H,14H2,1-2H3. The minimum absolute atomic E-state index is 0.0532. The third-order valence-electron chi connectivity index (χ3n) is 6.06. The molecule has 4 aromatic rings. The number of ether oxygens (including phenoxy) is 1. The maximum absolute atomic E-state index is 13.3. The summed E-state index contributed by atoms with van der Waals surface area (Å²) in [6.45, 7) is 0.797. The topological polar surface area (TPSA) is 160 Å². The number of benzene rings is 3. The van der Waals surface area contributed by atoms with Gasteiger partial charge in [0, 0.05) is 24.7 Å². The normalized spacial score (nSPS) is 11.2. The Balaban J connectivity index is 1.59. The third-order valence-corrected chi connectivity index (χ3v) is 8.18. The van der Waals surface area contributed by atoms with Crippen LogP contribution in [-0.4, -0.2) is 41.1 Å². The number of aromatic nitrogens is 2. The van der Waals surface area contributed by atoms with Crippen LogP contribution in [0.2, 0.25) is 10.0 Å². The highest BCUT2D eigenvalue weighted by atomic mass is 35.5. The summed E-state index contributed by atoms with van der Waals surface area (Å²) in [6.07, 6.45) is 0. The van der Waals surface area contributed by atoms with Crippen molar-refractivity contribution in [2.24, 2.45) is 7.05 Å². The van der Waals surface area contributed by atoms with Crippen molar-refractivity contribution in [2.45, 2.75) is 11.8 Å². The van der Waals surface area contributed by atoms with Gasteiger partial charge in [-0.3, -0.25) is 29.1 Å². The van der Waals surface area contributed by atoms with E-state index in [1.807, 2.05) is 0 Å². The highest BCUT2D eigenvalue weighted by Gasteiger charge is 2.27. The SMILES string of the molecule is Cc1c(NS(=O)(=O)c2cc(C(=O)OCC(=O)c3ccc([N+](=O)[O-])cc3)c(Cl)cc2Cl)c(=O)n(-c2ccccc2)n1C. The molecule has 4 rings (SSSR count). The molecule has 15 heteroatoms. The molecule has 1 heterocycles. The van der Waals surface area contributed by atoms with Gasteiger partial charge in [0.25, 0.3) is 21.3 Å². The molecule has 0 spiro atoms. The molecule has 1 aromatic heterocycles. The highest BCUT2D eigenvalue weighted by molar-refractivity contribution is 7.92. The van der Waals surface area contributed by atoms with Gasteiger partial charge in [0.15, 0.2) is 12.4 Å². The van der Waals surface area contributed by atoms with Gasteiger partial charge in [-0.05, 0) is 43.3 Å². The lowest BCUT2D eigenvalue weighted by Gasteiger charge is -2.12. The average Bonchev–Trinajstić information content (AvgIpc) is 3.14. The Kier molecular flexibility index (Phi) is 8.33. The van der Waals surface area contributed by atoms with Crippen molar-refractivity contribution in [3.8, 4) is 5.69 Å². The second kappa shape index (κ2) is 11.6. The van der Waals surface area contributed by atoms with Crippen LogP contribution in [0.4, 0.5) is 11.4 Å². The number of nitro groups is 1. The van der Waals surface area contributed by atoms with Crippen LogP contribution in [0.5, 0.6) is 0 Å². The average molecular weight is 619 g/mol. The van der Waals surface area contributed by atoms with Crippen molar-refractivity contribution in [3.05, 3.63) is 114 Å². The zero-order valence-electron chi connectivity index (χ0n) is 21.3. The Morgan fingerprint density at radius 1 is 1.02 bits per heavy atom. The number of hydrogen-bond acceptors (Lipinski definition) is 8. The minimum Gasteiger partial charge on any atom is -0.454 e. The number of nitrogens with zero attached hydrogens (tertiary/aromatic N) is 3. The predicted octanol–water partition coefficient (Wildman–Crippen LogP) is 4.54. The van der Waals surface area contributed by atoms with Gasteiger partial charge < -0.3 is 4.74 Å². The third kappa shape index (κ3) is 6.01. The highest BCUT2D eigenvalue weighted by Crippen LogP contribution is 2.31.